The van der Waals surface area contributed by atoms with E-state index in [0.29, 0.717) is 0 Å². The normalized spacial score (nSPS) is 10.9. The van der Waals surface area contributed by atoms with Crippen LogP contribution in [0.5, 0.6) is 5.75 Å². The number of benzene rings is 1. The van der Waals surface area contributed by atoms with Crippen LogP contribution in [0.15, 0.2) is 10.5 Å². The van der Waals surface area contributed by atoms with E-state index in [1.165, 1.54) is 40.4 Å². The summed E-state index contributed by atoms with van der Waals surface area (Å²) in [6.45, 7) is 7.05. The molecule has 4 heteroatoms. The number of halogens is 1. The minimum atomic E-state index is 0.785. The molecule has 120 valence electrons. The second-order valence-electron chi connectivity index (χ2n) is 5.37. The lowest BCUT2D eigenvalue weighted by Gasteiger charge is -2.16. The van der Waals surface area contributed by atoms with Crippen LogP contribution < -0.4 is 10.1 Å². The highest BCUT2D eigenvalue weighted by molar-refractivity contribution is 9.10. The number of ether oxygens (including phenoxy) is 2. The van der Waals surface area contributed by atoms with Crippen molar-refractivity contribution in [1.29, 1.82) is 0 Å². The fourth-order valence-electron chi connectivity index (χ4n) is 2.53. The Hall–Kier alpha value is -0.580. The highest BCUT2D eigenvalue weighted by atomic mass is 79.9. The van der Waals surface area contributed by atoms with Crippen molar-refractivity contribution in [2.24, 2.45) is 0 Å². The van der Waals surface area contributed by atoms with Crippen molar-refractivity contribution >= 4 is 15.9 Å². The van der Waals surface area contributed by atoms with Gasteiger partial charge < -0.3 is 14.8 Å². The van der Waals surface area contributed by atoms with Gasteiger partial charge in [0.2, 0.25) is 0 Å². The highest BCUT2D eigenvalue weighted by Gasteiger charge is 2.12. The maximum atomic E-state index is 5.59. The molecule has 1 rings (SSSR count). The van der Waals surface area contributed by atoms with Gasteiger partial charge in [-0.05, 0) is 62.4 Å². The minimum Gasteiger partial charge on any atom is -0.496 e. The summed E-state index contributed by atoms with van der Waals surface area (Å²) in [5, 5.41) is 3.38. The first-order valence-corrected chi connectivity index (χ1v) is 8.43. The third-order valence-electron chi connectivity index (χ3n) is 3.75. The quantitative estimate of drug-likeness (QED) is 0.641. The molecule has 0 aliphatic heterocycles. The van der Waals surface area contributed by atoms with Gasteiger partial charge in [0.25, 0.3) is 0 Å². The molecule has 1 aromatic rings. The largest absolute Gasteiger partial charge is 0.496 e. The molecule has 0 atom stereocenters. The Kier molecular flexibility index (Phi) is 8.97. The smallest absolute Gasteiger partial charge is 0.125 e. The van der Waals surface area contributed by atoms with Crippen LogP contribution in [-0.2, 0) is 11.2 Å². The Bertz CT molecular complexity index is 435. The van der Waals surface area contributed by atoms with Crippen LogP contribution in [0.2, 0.25) is 0 Å². The van der Waals surface area contributed by atoms with E-state index >= 15 is 0 Å². The Morgan fingerprint density at radius 1 is 1.10 bits per heavy atom. The van der Waals surface area contributed by atoms with Gasteiger partial charge >= 0.3 is 0 Å². The summed E-state index contributed by atoms with van der Waals surface area (Å²) in [4.78, 5) is 0. The summed E-state index contributed by atoms with van der Waals surface area (Å²) in [6.07, 6.45) is 4.71. The van der Waals surface area contributed by atoms with Gasteiger partial charge in [0, 0.05) is 18.1 Å². The zero-order chi connectivity index (χ0) is 15.7. The van der Waals surface area contributed by atoms with Gasteiger partial charge in [0.15, 0.2) is 0 Å². The molecule has 0 unspecified atom stereocenters. The lowest BCUT2D eigenvalue weighted by atomic mass is 9.98. The molecule has 0 amide bonds. The molecule has 0 bridgehead atoms. The molecule has 0 saturated heterocycles. The standard InChI is InChI=1S/C17H28BrNO2/c1-13-12-16(18)14(2)15(17(13)21-4)8-6-5-7-9-19-10-11-20-3/h12,19H,5-11H2,1-4H3. The molecular weight excluding hydrogens is 330 g/mol. The van der Waals surface area contributed by atoms with E-state index in [0.717, 1.165) is 31.9 Å². The number of unbranched alkanes of at least 4 members (excludes halogenated alkanes) is 2. The first-order chi connectivity index (χ1) is 10.1. The molecule has 1 aromatic carbocycles. The zero-order valence-electron chi connectivity index (χ0n) is 13.7. The fraction of sp³-hybridized carbons (Fsp3) is 0.647. The summed E-state index contributed by atoms with van der Waals surface area (Å²) in [5.74, 6) is 1.05. The SMILES string of the molecule is COCCNCCCCCc1c(C)c(Br)cc(C)c1OC. The molecule has 0 spiro atoms. The highest BCUT2D eigenvalue weighted by Crippen LogP contribution is 2.33. The molecule has 0 saturated carbocycles. The first-order valence-electron chi connectivity index (χ1n) is 7.64. The number of hydrogen-bond acceptors (Lipinski definition) is 3. The molecule has 0 aromatic heterocycles. The second-order valence-corrected chi connectivity index (χ2v) is 6.22. The van der Waals surface area contributed by atoms with Crippen LogP contribution in [0, 0.1) is 13.8 Å². The summed E-state index contributed by atoms with van der Waals surface area (Å²) in [7, 11) is 3.50. The third-order valence-corrected chi connectivity index (χ3v) is 4.58. The van der Waals surface area contributed by atoms with Crippen LogP contribution in [-0.4, -0.2) is 33.9 Å². The van der Waals surface area contributed by atoms with Crippen molar-refractivity contribution in [3.63, 3.8) is 0 Å². The number of nitrogens with one attached hydrogen (secondary N) is 1. The maximum absolute atomic E-state index is 5.59. The van der Waals surface area contributed by atoms with E-state index in [9.17, 15) is 0 Å². The Balaban J connectivity index is 2.41. The number of methoxy groups -OCH3 is 2. The molecule has 0 radical (unpaired) electrons. The summed E-state index contributed by atoms with van der Waals surface area (Å²) >= 11 is 3.64. The second kappa shape index (κ2) is 10.2. The summed E-state index contributed by atoms with van der Waals surface area (Å²) in [6, 6.07) is 2.14. The molecular formula is C17H28BrNO2. The third kappa shape index (κ3) is 5.97. The van der Waals surface area contributed by atoms with Crippen molar-refractivity contribution in [2.45, 2.75) is 39.5 Å². The van der Waals surface area contributed by atoms with Gasteiger partial charge in [-0.1, -0.05) is 22.4 Å². The van der Waals surface area contributed by atoms with E-state index in [-0.39, 0.29) is 0 Å². The van der Waals surface area contributed by atoms with Gasteiger partial charge in [-0.3, -0.25) is 0 Å². The van der Waals surface area contributed by atoms with Gasteiger partial charge in [0.05, 0.1) is 13.7 Å². The molecule has 21 heavy (non-hydrogen) atoms. The molecule has 3 nitrogen and oxygen atoms in total. The van der Waals surface area contributed by atoms with Crippen molar-refractivity contribution in [2.75, 3.05) is 33.9 Å². The van der Waals surface area contributed by atoms with Crippen LogP contribution in [0.1, 0.15) is 36.0 Å². The molecule has 0 aliphatic carbocycles. The number of hydrogen-bond donors (Lipinski definition) is 1. The minimum absolute atomic E-state index is 0.785. The average molecular weight is 358 g/mol. The van der Waals surface area contributed by atoms with E-state index in [1.54, 1.807) is 14.2 Å². The van der Waals surface area contributed by atoms with E-state index < -0.39 is 0 Å². The molecule has 0 aliphatic rings. The van der Waals surface area contributed by atoms with Crippen molar-refractivity contribution in [3.05, 3.63) is 27.2 Å². The zero-order valence-corrected chi connectivity index (χ0v) is 15.3. The number of rotatable bonds is 10. The van der Waals surface area contributed by atoms with Crippen LogP contribution >= 0.6 is 15.9 Å². The molecule has 0 heterocycles. The lowest BCUT2D eigenvalue weighted by molar-refractivity contribution is 0.199. The predicted octanol–water partition coefficient (Wildman–Crippen LogP) is 4.02. The lowest BCUT2D eigenvalue weighted by Crippen LogP contribution is -2.20. The topological polar surface area (TPSA) is 30.5 Å². The van der Waals surface area contributed by atoms with Gasteiger partial charge in [-0.25, -0.2) is 0 Å². The Labute approximate surface area is 137 Å². The molecule has 1 N–H and O–H groups in total. The molecule has 0 fully saturated rings. The van der Waals surface area contributed by atoms with Crippen molar-refractivity contribution in [3.8, 4) is 5.75 Å². The van der Waals surface area contributed by atoms with Crippen LogP contribution in [0.25, 0.3) is 0 Å². The predicted molar refractivity (Wildman–Crippen MR) is 92.5 cm³/mol. The van der Waals surface area contributed by atoms with Gasteiger partial charge in [0.1, 0.15) is 5.75 Å². The maximum Gasteiger partial charge on any atom is 0.125 e. The van der Waals surface area contributed by atoms with E-state index in [2.05, 4.69) is 41.2 Å². The fourth-order valence-corrected chi connectivity index (χ4v) is 3.11. The van der Waals surface area contributed by atoms with E-state index in [4.69, 9.17) is 9.47 Å². The van der Waals surface area contributed by atoms with Gasteiger partial charge in [-0.2, -0.15) is 0 Å². The van der Waals surface area contributed by atoms with Crippen molar-refractivity contribution in [1.82, 2.24) is 5.32 Å². The summed E-state index contributed by atoms with van der Waals surface area (Å²) < 4.78 is 11.8. The summed E-state index contributed by atoms with van der Waals surface area (Å²) in [5.41, 5.74) is 3.85. The Morgan fingerprint density at radius 3 is 2.52 bits per heavy atom. The van der Waals surface area contributed by atoms with Crippen molar-refractivity contribution < 1.29 is 9.47 Å². The average Bonchev–Trinajstić information content (AvgIpc) is 2.46. The van der Waals surface area contributed by atoms with Crippen LogP contribution in [0.3, 0.4) is 0 Å². The Morgan fingerprint density at radius 2 is 1.86 bits per heavy atom. The van der Waals surface area contributed by atoms with E-state index in [1.807, 2.05) is 0 Å². The number of aryl methyl sites for hydroxylation is 1. The van der Waals surface area contributed by atoms with Crippen LogP contribution in [0.4, 0.5) is 0 Å². The first kappa shape index (κ1) is 18.5. The monoisotopic (exact) mass is 357 g/mol. The van der Waals surface area contributed by atoms with Gasteiger partial charge in [-0.15, -0.1) is 0 Å².